The first-order chi connectivity index (χ1) is 12.6. The summed E-state index contributed by atoms with van der Waals surface area (Å²) < 4.78 is 10.8. The zero-order valence-corrected chi connectivity index (χ0v) is 16.2. The quantitative estimate of drug-likeness (QED) is 0.434. The molecule has 0 aromatic carbocycles. The summed E-state index contributed by atoms with van der Waals surface area (Å²) in [5.74, 6) is 1.91. The molecule has 146 valence electrons. The van der Waals surface area contributed by atoms with Gasteiger partial charge >= 0.3 is 0 Å². The van der Waals surface area contributed by atoms with Crippen molar-refractivity contribution in [3.05, 3.63) is 24.2 Å². The fourth-order valence-corrected chi connectivity index (χ4v) is 2.74. The lowest BCUT2D eigenvalue weighted by Gasteiger charge is -2.36. The summed E-state index contributed by atoms with van der Waals surface area (Å²) in [5, 5.41) is 3.33. The van der Waals surface area contributed by atoms with Gasteiger partial charge in [-0.25, -0.2) is 0 Å². The van der Waals surface area contributed by atoms with Crippen molar-refractivity contribution in [2.24, 2.45) is 10.9 Å². The van der Waals surface area contributed by atoms with Gasteiger partial charge in [-0.05, 0) is 31.4 Å². The van der Waals surface area contributed by atoms with Crippen LogP contribution in [0.25, 0.3) is 0 Å². The number of ether oxygens (including phenoxy) is 1. The third-order valence-corrected chi connectivity index (χ3v) is 4.27. The Balaban J connectivity index is 1.77. The highest BCUT2D eigenvalue weighted by Crippen LogP contribution is 2.09. The van der Waals surface area contributed by atoms with E-state index < -0.39 is 0 Å². The number of furan rings is 1. The van der Waals surface area contributed by atoms with Gasteiger partial charge in [0.1, 0.15) is 0 Å². The van der Waals surface area contributed by atoms with Crippen molar-refractivity contribution in [2.45, 2.75) is 27.2 Å². The molecule has 1 saturated heterocycles. The highest BCUT2D eigenvalue weighted by atomic mass is 16.5. The number of carbonyl (C=O) groups is 1. The monoisotopic (exact) mass is 364 g/mol. The number of guanidine groups is 1. The van der Waals surface area contributed by atoms with E-state index in [2.05, 4.69) is 36.0 Å². The molecule has 2 heterocycles. The third kappa shape index (κ3) is 6.37. The lowest BCUT2D eigenvalue weighted by atomic mass is 10.1. The van der Waals surface area contributed by atoms with Gasteiger partial charge in [0.05, 0.1) is 19.4 Å². The van der Waals surface area contributed by atoms with Crippen molar-refractivity contribution in [1.29, 1.82) is 0 Å². The van der Waals surface area contributed by atoms with E-state index in [1.807, 2.05) is 4.90 Å². The van der Waals surface area contributed by atoms with Crippen molar-refractivity contribution in [3.8, 4) is 0 Å². The molecule has 26 heavy (non-hydrogen) atoms. The standard InChI is InChI=1S/C19H32N4O3/c1-4-20-19(21-8-15-25-14-7-16(2)3)23-11-9-22(10-12-23)18(24)17-6-5-13-26-17/h5-6,13,16H,4,7-12,14-15H2,1-3H3,(H,20,21). The van der Waals surface area contributed by atoms with E-state index in [0.29, 0.717) is 37.9 Å². The van der Waals surface area contributed by atoms with Crippen molar-refractivity contribution in [3.63, 3.8) is 0 Å². The van der Waals surface area contributed by atoms with E-state index in [-0.39, 0.29) is 5.91 Å². The van der Waals surface area contributed by atoms with E-state index in [1.165, 1.54) is 6.26 Å². The summed E-state index contributed by atoms with van der Waals surface area (Å²) in [5.41, 5.74) is 0. The topological polar surface area (TPSA) is 70.3 Å². The van der Waals surface area contributed by atoms with Gasteiger partial charge in [0, 0.05) is 39.3 Å². The molecular formula is C19H32N4O3. The van der Waals surface area contributed by atoms with Crippen LogP contribution < -0.4 is 5.32 Å². The third-order valence-electron chi connectivity index (χ3n) is 4.27. The lowest BCUT2D eigenvalue weighted by Crippen LogP contribution is -2.53. The fraction of sp³-hybridized carbons (Fsp3) is 0.684. The van der Waals surface area contributed by atoms with Gasteiger partial charge in [0.25, 0.3) is 5.91 Å². The molecule has 1 N–H and O–H groups in total. The maximum Gasteiger partial charge on any atom is 0.289 e. The summed E-state index contributed by atoms with van der Waals surface area (Å²) in [6.45, 7) is 12.2. The van der Waals surface area contributed by atoms with Crippen LogP contribution in [0.1, 0.15) is 37.7 Å². The van der Waals surface area contributed by atoms with E-state index >= 15 is 0 Å². The number of nitrogens with zero attached hydrogens (tertiary/aromatic N) is 3. The Hall–Kier alpha value is -2.02. The summed E-state index contributed by atoms with van der Waals surface area (Å²) in [6, 6.07) is 3.45. The number of amides is 1. The van der Waals surface area contributed by atoms with Crippen molar-refractivity contribution in [2.75, 3.05) is 52.5 Å². The largest absolute Gasteiger partial charge is 0.459 e. The molecule has 0 atom stereocenters. The molecule has 7 heteroatoms. The maximum atomic E-state index is 12.3. The number of hydrogen-bond donors (Lipinski definition) is 1. The predicted molar refractivity (Wildman–Crippen MR) is 102 cm³/mol. The zero-order valence-electron chi connectivity index (χ0n) is 16.2. The van der Waals surface area contributed by atoms with Crippen LogP contribution in [0.15, 0.2) is 27.8 Å². The minimum Gasteiger partial charge on any atom is -0.459 e. The van der Waals surface area contributed by atoms with Crippen molar-refractivity contribution < 1.29 is 13.9 Å². The molecular weight excluding hydrogens is 332 g/mol. The Labute approximate surface area is 156 Å². The average Bonchev–Trinajstić information content (AvgIpc) is 3.17. The van der Waals surface area contributed by atoms with Crippen LogP contribution in [-0.4, -0.2) is 74.1 Å². The van der Waals surface area contributed by atoms with E-state index in [4.69, 9.17) is 9.15 Å². The molecule has 7 nitrogen and oxygen atoms in total. The fourth-order valence-electron chi connectivity index (χ4n) is 2.74. The Kier molecular flexibility index (Phi) is 8.47. The second-order valence-electron chi connectivity index (χ2n) is 6.79. The molecule has 1 aliphatic rings. The van der Waals surface area contributed by atoms with Crippen LogP contribution in [0.4, 0.5) is 0 Å². The molecule has 0 unspecified atom stereocenters. The second kappa shape index (κ2) is 10.9. The Morgan fingerprint density at radius 1 is 1.27 bits per heavy atom. The molecule has 1 aliphatic heterocycles. The summed E-state index contributed by atoms with van der Waals surface area (Å²) in [6.07, 6.45) is 2.61. The smallest absolute Gasteiger partial charge is 0.289 e. The van der Waals surface area contributed by atoms with Gasteiger partial charge in [0.2, 0.25) is 0 Å². The number of hydrogen-bond acceptors (Lipinski definition) is 4. The molecule has 0 bridgehead atoms. The molecule has 0 saturated carbocycles. The van der Waals surface area contributed by atoms with Crippen LogP contribution in [-0.2, 0) is 4.74 Å². The van der Waals surface area contributed by atoms with Gasteiger partial charge in [0.15, 0.2) is 11.7 Å². The number of nitrogens with one attached hydrogen (secondary N) is 1. The first-order valence-corrected chi connectivity index (χ1v) is 9.55. The second-order valence-corrected chi connectivity index (χ2v) is 6.79. The van der Waals surface area contributed by atoms with E-state index in [9.17, 15) is 4.79 Å². The van der Waals surface area contributed by atoms with Crippen LogP contribution >= 0.6 is 0 Å². The van der Waals surface area contributed by atoms with Crippen molar-refractivity contribution in [1.82, 2.24) is 15.1 Å². The summed E-state index contributed by atoms with van der Waals surface area (Å²) in [7, 11) is 0. The maximum absolute atomic E-state index is 12.3. The number of aliphatic imine (C=N–C) groups is 1. The van der Waals surface area contributed by atoms with E-state index in [1.54, 1.807) is 12.1 Å². The lowest BCUT2D eigenvalue weighted by molar-refractivity contribution is 0.0657. The molecule has 0 aliphatic carbocycles. The SMILES string of the molecule is CCNC(=NCCOCCC(C)C)N1CCN(C(=O)c2ccco2)CC1. The summed E-state index contributed by atoms with van der Waals surface area (Å²) >= 11 is 0. The Bertz CT molecular complexity index is 549. The van der Waals surface area contributed by atoms with Crippen LogP contribution in [0.3, 0.4) is 0 Å². The van der Waals surface area contributed by atoms with Crippen LogP contribution in [0.2, 0.25) is 0 Å². The highest BCUT2D eigenvalue weighted by molar-refractivity contribution is 5.91. The van der Waals surface area contributed by atoms with Gasteiger partial charge in [-0.3, -0.25) is 9.79 Å². The zero-order chi connectivity index (χ0) is 18.8. The minimum absolute atomic E-state index is 0.0462. The molecule has 1 aromatic rings. The first kappa shape index (κ1) is 20.3. The summed E-state index contributed by atoms with van der Waals surface area (Å²) in [4.78, 5) is 21.0. The Morgan fingerprint density at radius 2 is 2.00 bits per heavy atom. The predicted octanol–water partition coefficient (Wildman–Crippen LogP) is 2.07. The molecule has 1 aromatic heterocycles. The van der Waals surface area contributed by atoms with Gasteiger partial charge < -0.3 is 24.3 Å². The molecule has 1 amide bonds. The normalized spacial score (nSPS) is 15.6. The van der Waals surface area contributed by atoms with Gasteiger partial charge in [-0.2, -0.15) is 0 Å². The minimum atomic E-state index is -0.0462. The van der Waals surface area contributed by atoms with E-state index in [0.717, 1.165) is 38.6 Å². The van der Waals surface area contributed by atoms with Gasteiger partial charge in [-0.15, -0.1) is 0 Å². The van der Waals surface area contributed by atoms with Gasteiger partial charge in [-0.1, -0.05) is 13.8 Å². The van der Waals surface area contributed by atoms with Crippen LogP contribution in [0, 0.1) is 5.92 Å². The highest BCUT2D eigenvalue weighted by Gasteiger charge is 2.25. The van der Waals surface area contributed by atoms with Crippen LogP contribution in [0.5, 0.6) is 0 Å². The number of rotatable bonds is 8. The number of piperazine rings is 1. The van der Waals surface area contributed by atoms with Crippen molar-refractivity contribution >= 4 is 11.9 Å². The Morgan fingerprint density at radius 3 is 2.62 bits per heavy atom. The molecule has 0 radical (unpaired) electrons. The molecule has 1 fully saturated rings. The number of carbonyl (C=O) groups excluding carboxylic acids is 1. The molecule has 2 rings (SSSR count). The molecule has 0 spiro atoms. The average molecular weight is 364 g/mol. The first-order valence-electron chi connectivity index (χ1n) is 9.55.